The van der Waals surface area contributed by atoms with Crippen LogP contribution in [0.25, 0.3) is 0 Å². The van der Waals surface area contributed by atoms with Gasteiger partial charge in [0.2, 0.25) is 5.91 Å². The van der Waals surface area contributed by atoms with Crippen LogP contribution in [0.3, 0.4) is 0 Å². The van der Waals surface area contributed by atoms with E-state index in [2.05, 4.69) is 90.6 Å². The van der Waals surface area contributed by atoms with Crippen molar-refractivity contribution in [3.63, 3.8) is 0 Å². The van der Waals surface area contributed by atoms with E-state index in [0.717, 1.165) is 75.6 Å². The molecule has 17 rings (SSSR count). The van der Waals surface area contributed by atoms with E-state index in [1.165, 1.54) is 69.0 Å². The van der Waals surface area contributed by atoms with Gasteiger partial charge in [-0.2, -0.15) is 14.6 Å². The van der Waals surface area contributed by atoms with Crippen molar-refractivity contribution in [1.29, 1.82) is 0 Å². The molecule has 0 bridgehead atoms. The molecule has 24 nitrogen and oxygen atoms in total. The number of aromatic nitrogens is 8. The number of benzene rings is 8. The molecule has 2 N–H and O–H groups in total. The number of imide groups is 1. The third-order valence-electron chi connectivity index (χ3n) is 18.0. The number of nitrogens with one attached hydrogen (secondary N) is 2. The average molecular weight is 1930 g/mol. The highest BCUT2D eigenvalue weighted by Crippen LogP contribution is 2.26. The van der Waals surface area contributed by atoms with Gasteiger partial charge in [0.15, 0.2) is 0 Å². The predicted octanol–water partition coefficient (Wildman–Crippen LogP) is 17.2. The summed E-state index contributed by atoms with van der Waals surface area (Å²) in [6.45, 7) is 15.0. The van der Waals surface area contributed by atoms with Crippen LogP contribution in [0.15, 0.2) is 339 Å². The standard InChI is InChI=1S/C12H13BrN2O.C11H10BrNO2.C11H10BrNO.C11H12N2O.C11H11NO2.C11H13NO.C10H5BrFNO2.C10H9NOS.C4H5NO2.CH4/c1-9-11(13)12(16)15(14(9)2)8-10-6-4-3-5-7-10;1-8-10(12)11(14)13(15-8)7-9-5-3-2-4-6-9;12-10-6-7-13(11(10)14)8-9-4-2-1-3-5-9;1-9-7-11(14)13(12-9)8-10-5-3-2-4-6-10;1-9-7-11(13)12(14-9)8-10-5-3-2-4-6-10;13-11-7-4-8-12(11)9-10-5-2-1-3-6-10;11-8-5-9(14)13(10(8)15)7-3-1-6(12)2-4-7;12-10-6-7-13-11(10)8-9-4-2-1-3-5-9;1-3-2-4(6)5-7-3;/h3-7H,8H2,1-2H3;2-6H,7H2,1H3;1-6H,7-8H2;2-7,12H,8H2,1H3;2-7H,8H2,1H3;1-3,5-6H,4,7-9H2;1-5H;1-7H,8H2;2H,1H3,(H,5,6);1H4. The topological polar surface area (TPSA) is 281 Å². The second kappa shape index (κ2) is 48.2. The number of hydrogen-bond donors (Lipinski definition) is 2. The zero-order valence-corrected chi connectivity index (χ0v) is 74.1. The number of halogens is 5. The molecule has 9 heterocycles. The fourth-order valence-electron chi connectivity index (χ4n) is 11.8. The molecule has 122 heavy (non-hydrogen) atoms. The highest BCUT2D eigenvalue weighted by molar-refractivity contribution is 9.12. The van der Waals surface area contributed by atoms with Gasteiger partial charge in [-0.1, -0.05) is 231 Å². The maximum atomic E-state index is 12.6. The summed E-state index contributed by atoms with van der Waals surface area (Å²) in [4.78, 5) is 118. The Morgan fingerprint density at radius 2 is 0.934 bits per heavy atom. The lowest BCUT2D eigenvalue weighted by Gasteiger charge is -2.15. The fraction of sp³-hybridized carbons (Fsp3) is 0.196. The lowest BCUT2D eigenvalue weighted by molar-refractivity contribution is -0.128. The first-order chi connectivity index (χ1) is 58.2. The van der Waals surface area contributed by atoms with Gasteiger partial charge < -0.3 is 23.4 Å². The van der Waals surface area contributed by atoms with Gasteiger partial charge >= 0.3 is 0 Å². The molecule has 3 aliphatic rings. The number of carbonyl (C=O) groups excluding carboxylic acids is 4. The number of hydrogen-bond acceptors (Lipinski definition) is 14. The van der Waals surface area contributed by atoms with Gasteiger partial charge in [0.25, 0.3) is 51.1 Å². The monoisotopic (exact) mass is 1930 g/mol. The summed E-state index contributed by atoms with van der Waals surface area (Å²) in [7, 11) is 1.89. The van der Waals surface area contributed by atoms with E-state index in [1.54, 1.807) is 51.1 Å². The lowest BCUT2D eigenvalue weighted by atomic mass is 10.2. The van der Waals surface area contributed by atoms with E-state index in [-0.39, 0.29) is 51.2 Å². The molecular weight excluding hydrogens is 1840 g/mol. The van der Waals surface area contributed by atoms with Crippen molar-refractivity contribution >= 4 is 105 Å². The molecule has 0 unspecified atom stereocenters. The van der Waals surface area contributed by atoms with Crippen LogP contribution in [0.1, 0.15) is 87.9 Å². The van der Waals surface area contributed by atoms with Crippen LogP contribution in [-0.4, -0.2) is 84.3 Å². The Balaban J connectivity index is 0.000000171. The smallest absolute Gasteiger partial charge is 0.297 e. The van der Waals surface area contributed by atoms with Gasteiger partial charge in [-0.3, -0.25) is 61.7 Å². The molecule has 6 aromatic heterocycles. The van der Waals surface area contributed by atoms with Crippen molar-refractivity contribution in [3.8, 4) is 0 Å². The Bertz CT molecular complexity index is 6020. The molecule has 0 spiro atoms. The van der Waals surface area contributed by atoms with Crippen molar-refractivity contribution in [3.05, 3.63) is 432 Å². The van der Waals surface area contributed by atoms with E-state index in [9.17, 15) is 52.3 Å². The molecule has 1 saturated heterocycles. The SMILES string of the molecule is C.Cc1c(Br)c(=O)n(Cc2ccccc2)n1C.Cc1cc(=O)[nH]o1.Cc1cc(=O)n(Cc2ccccc2)[nH]1.Cc1cc(=O)n(Cc2ccccc2)o1.Cc1on(Cc2ccccc2)c(=O)c1Br.O=C1C(Br)=CCN1Cc1ccccc1.O=C1C=C(Br)C(=O)N1c1ccc(F)cc1.O=C1CCCN1Cc1ccccc1.O=c1ccsn1Cc1ccccc1. The van der Waals surface area contributed by atoms with E-state index < -0.39 is 17.6 Å². The molecule has 0 radical (unpaired) electrons. The molecule has 0 aliphatic carbocycles. The number of aryl methyl sites for hydroxylation is 4. The highest BCUT2D eigenvalue weighted by atomic mass is 79.9. The first-order valence-corrected chi connectivity index (χ1v) is 41.9. The summed E-state index contributed by atoms with van der Waals surface area (Å²) < 4.78 is 39.3. The number of nitrogens with zero attached hydrogens (tertiary/aromatic N) is 9. The number of aromatic amines is 2. The first-order valence-electron chi connectivity index (χ1n) is 37.9. The highest BCUT2D eigenvalue weighted by Gasteiger charge is 2.31. The number of anilines is 1. The van der Waals surface area contributed by atoms with E-state index in [0.29, 0.717) is 88.1 Å². The fourth-order valence-corrected chi connectivity index (χ4v) is 14.0. The van der Waals surface area contributed by atoms with Gasteiger partial charge in [-0.05, 0) is 174 Å². The Hall–Kier alpha value is -12.4. The van der Waals surface area contributed by atoms with Crippen LogP contribution >= 0.6 is 75.3 Å². The number of amides is 4. The summed E-state index contributed by atoms with van der Waals surface area (Å²) in [5, 5.41) is 6.95. The van der Waals surface area contributed by atoms with E-state index in [1.807, 2.05) is 242 Å². The maximum Gasteiger partial charge on any atom is 0.297 e. The largest absolute Gasteiger partial charge is 0.384 e. The van der Waals surface area contributed by atoms with Crippen molar-refractivity contribution in [2.24, 2.45) is 7.05 Å². The summed E-state index contributed by atoms with van der Waals surface area (Å²) in [6.07, 6.45) is 4.83. The number of rotatable bonds is 15. The average Bonchev–Trinajstić information content (AvgIpc) is 1.66. The minimum Gasteiger partial charge on any atom is -0.384 e. The predicted molar refractivity (Wildman–Crippen MR) is 488 cm³/mol. The second-order valence-corrected chi connectivity index (χ2v) is 31.5. The van der Waals surface area contributed by atoms with Crippen LogP contribution in [0.5, 0.6) is 0 Å². The maximum absolute atomic E-state index is 12.6. The van der Waals surface area contributed by atoms with E-state index >= 15 is 0 Å². The van der Waals surface area contributed by atoms with Crippen molar-refractivity contribution in [2.45, 2.75) is 101 Å². The lowest BCUT2D eigenvalue weighted by Crippen LogP contribution is -2.30. The number of carbonyl (C=O) groups is 4. The van der Waals surface area contributed by atoms with Crippen LogP contribution in [0.2, 0.25) is 0 Å². The molecule has 634 valence electrons. The molecule has 0 saturated carbocycles. The third kappa shape index (κ3) is 29.5. The molecule has 14 aromatic rings. The second-order valence-electron chi connectivity index (χ2n) is 27.3. The molecule has 30 heteroatoms. The Morgan fingerprint density at radius 1 is 0.459 bits per heavy atom. The third-order valence-corrected chi connectivity index (χ3v) is 21.9. The van der Waals surface area contributed by atoms with Crippen LogP contribution in [0, 0.1) is 40.4 Å². The van der Waals surface area contributed by atoms with Crippen LogP contribution in [0.4, 0.5) is 10.1 Å². The van der Waals surface area contributed by atoms with Crippen LogP contribution < -0.4 is 38.3 Å². The van der Waals surface area contributed by atoms with Gasteiger partial charge in [0.1, 0.15) is 32.0 Å². The van der Waals surface area contributed by atoms with Gasteiger partial charge in [0, 0.05) is 81.1 Å². The molecule has 0 atom stereocenters. The van der Waals surface area contributed by atoms with Crippen molar-refractivity contribution in [2.75, 3.05) is 18.0 Å². The molecular formula is C92H92Br4FN11O13S. The van der Waals surface area contributed by atoms with E-state index in [4.69, 9.17) is 9.05 Å². The minimum atomic E-state index is -0.438. The Kier molecular flexibility index (Phi) is 37.6. The summed E-state index contributed by atoms with van der Waals surface area (Å²) >= 11 is 14.1. The quantitative estimate of drug-likeness (QED) is 0.0904. The zero-order valence-electron chi connectivity index (χ0n) is 67.0. The molecule has 4 amide bonds. The van der Waals surface area contributed by atoms with Gasteiger partial charge in [-0.15, -0.1) is 0 Å². The summed E-state index contributed by atoms with van der Waals surface area (Å²) in [5.74, 6) is 0.958. The normalized spacial score (nSPS) is 12.2. The first kappa shape index (κ1) is 95.1. The van der Waals surface area contributed by atoms with Crippen molar-refractivity contribution in [1.82, 2.24) is 47.5 Å². The Labute approximate surface area is 741 Å². The van der Waals surface area contributed by atoms with Crippen molar-refractivity contribution < 1.29 is 37.1 Å². The van der Waals surface area contributed by atoms with Gasteiger partial charge in [-0.25, -0.2) is 18.7 Å². The Morgan fingerprint density at radius 3 is 1.30 bits per heavy atom. The molecule has 1 fully saturated rings. The summed E-state index contributed by atoms with van der Waals surface area (Å²) in [6, 6.07) is 80.7. The minimum absolute atomic E-state index is 0. The number of H-pyrrole nitrogens is 2. The zero-order chi connectivity index (χ0) is 86.9. The number of likely N-dealkylation sites (tertiary alicyclic amines) is 1. The summed E-state index contributed by atoms with van der Waals surface area (Å²) in [5.41, 5.74) is 9.80. The molecule has 3 aliphatic heterocycles. The van der Waals surface area contributed by atoms with Gasteiger partial charge in [0.05, 0.1) is 53.1 Å². The van der Waals surface area contributed by atoms with Crippen LogP contribution in [-0.2, 0) is 72.0 Å². The molecule has 8 aromatic carbocycles.